The summed E-state index contributed by atoms with van der Waals surface area (Å²) in [5.41, 5.74) is 3.14. The highest BCUT2D eigenvalue weighted by Crippen LogP contribution is 2.28. The highest BCUT2D eigenvalue weighted by Gasteiger charge is 2.10. The van der Waals surface area contributed by atoms with Crippen LogP contribution in [0.2, 0.25) is 5.02 Å². The molecule has 1 atom stereocenters. The number of aromatic nitrogens is 2. The van der Waals surface area contributed by atoms with Crippen LogP contribution in [0.15, 0.2) is 30.5 Å². The summed E-state index contributed by atoms with van der Waals surface area (Å²) in [4.78, 5) is 0. The van der Waals surface area contributed by atoms with E-state index in [4.69, 9.17) is 11.6 Å². The second-order valence-corrected chi connectivity index (χ2v) is 5.19. The Morgan fingerprint density at radius 1 is 1.37 bits per heavy atom. The van der Waals surface area contributed by atoms with Crippen LogP contribution in [0.4, 0.5) is 0 Å². The molecule has 0 saturated carbocycles. The summed E-state index contributed by atoms with van der Waals surface area (Å²) in [5, 5.41) is 8.63. The Bertz CT molecular complexity index is 548. The largest absolute Gasteiger partial charge is 0.310 e. The van der Waals surface area contributed by atoms with Gasteiger partial charge in [0.2, 0.25) is 0 Å². The molecule has 1 N–H and O–H groups in total. The van der Waals surface area contributed by atoms with Crippen molar-refractivity contribution < 1.29 is 0 Å². The van der Waals surface area contributed by atoms with Crippen LogP contribution in [0.3, 0.4) is 0 Å². The van der Waals surface area contributed by atoms with E-state index in [9.17, 15) is 0 Å². The molecule has 1 heterocycles. The van der Waals surface area contributed by atoms with Crippen molar-refractivity contribution >= 4 is 11.6 Å². The van der Waals surface area contributed by atoms with Crippen molar-refractivity contribution in [3.05, 3.63) is 41.0 Å². The molecule has 102 valence electrons. The highest BCUT2D eigenvalue weighted by atomic mass is 35.5. The van der Waals surface area contributed by atoms with Gasteiger partial charge in [0, 0.05) is 29.9 Å². The Kier molecular flexibility index (Phi) is 4.61. The van der Waals surface area contributed by atoms with Gasteiger partial charge in [-0.15, -0.1) is 0 Å². The van der Waals surface area contributed by atoms with E-state index in [0.29, 0.717) is 0 Å². The van der Waals surface area contributed by atoms with Crippen LogP contribution in [0.5, 0.6) is 0 Å². The maximum Gasteiger partial charge on any atom is 0.0923 e. The lowest BCUT2D eigenvalue weighted by Gasteiger charge is -2.15. The smallest absolute Gasteiger partial charge is 0.0923 e. The molecular formula is C15H20ClN3. The van der Waals surface area contributed by atoms with E-state index in [-0.39, 0.29) is 6.04 Å². The predicted molar refractivity (Wildman–Crippen MR) is 80.4 cm³/mol. The minimum absolute atomic E-state index is 0.269. The Morgan fingerprint density at radius 3 is 2.74 bits per heavy atom. The number of nitrogens with zero attached hydrogens (tertiary/aromatic N) is 2. The SMILES string of the molecule is CCCNC(C)c1ccc(-c2ccn(C)n2)cc1Cl. The first kappa shape index (κ1) is 14.1. The molecule has 1 aromatic heterocycles. The minimum Gasteiger partial charge on any atom is -0.310 e. The van der Waals surface area contributed by atoms with Crippen LogP contribution in [0.1, 0.15) is 31.9 Å². The summed E-state index contributed by atoms with van der Waals surface area (Å²) in [6.07, 6.45) is 3.05. The van der Waals surface area contributed by atoms with E-state index in [1.54, 1.807) is 4.68 Å². The molecule has 0 aliphatic carbocycles. The van der Waals surface area contributed by atoms with Crippen LogP contribution >= 0.6 is 11.6 Å². The van der Waals surface area contributed by atoms with E-state index < -0.39 is 0 Å². The number of halogens is 1. The van der Waals surface area contributed by atoms with Crippen LogP contribution in [-0.4, -0.2) is 16.3 Å². The molecule has 0 spiro atoms. The Balaban J connectivity index is 2.21. The second kappa shape index (κ2) is 6.22. The minimum atomic E-state index is 0.269. The van der Waals surface area contributed by atoms with Gasteiger partial charge in [0.1, 0.15) is 0 Å². The number of hydrogen-bond donors (Lipinski definition) is 1. The average Bonchev–Trinajstić information content (AvgIpc) is 2.82. The van der Waals surface area contributed by atoms with Gasteiger partial charge in [0.25, 0.3) is 0 Å². The van der Waals surface area contributed by atoms with E-state index in [0.717, 1.165) is 34.8 Å². The monoisotopic (exact) mass is 277 g/mol. The first-order chi connectivity index (χ1) is 9.11. The fourth-order valence-corrected chi connectivity index (χ4v) is 2.42. The van der Waals surface area contributed by atoms with E-state index >= 15 is 0 Å². The number of hydrogen-bond acceptors (Lipinski definition) is 2. The average molecular weight is 278 g/mol. The van der Waals surface area contributed by atoms with Crippen molar-refractivity contribution in [2.24, 2.45) is 7.05 Å². The summed E-state index contributed by atoms with van der Waals surface area (Å²) in [7, 11) is 1.91. The zero-order chi connectivity index (χ0) is 13.8. The van der Waals surface area contributed by atoms with Gasteiger partial charge in [0.05, 0.1) is 5.69 Å². The Morgan fingerprint density at radius 2 is 2.16 bits per heavy atom. The zero-order valence-electron chi connectivity index (χ0n) is 11.7. The van der Waals surface area contributed by atoms with Gasteiger partial charge in [-0.2, -0.15) is 5.10 Å². The first-order valence-corrected chi connectivity index (χ1v) is 7.02. The number of aryl methyl sites for hydroxylation is 1. The Hall–Kier alpha value is -1.32. The summed E-state index contributed by atoms with van der Waals surface area (Å²) >= 11 is 6.39. The first-order valence-electron chi connectivity index (χ1n) is 6.64. The number of benzene rings is 1. The van der Waals surface area contributed by atoms with Crippen molar-refractivity contribution in [3.8, 4) is 11.3 Å². The molecule has 2 aromatic rings. The molecule has 2 rings (SSSR count). The summed E-state index contributed by atoms with van der Waals surface area (Å²) < 4.78 is 1.79. The van der Waals surface area contributed by atoms with Gasteiger partial charge in [-0.25, -0.2) is 0 Å². The predicted octanol–water partition coefficient (Wildman–Crippen LogP) is 3.80. The van der Waals surface area contributed by atoms with Crippen molar-refractivity contribution in [2.45, 2.75) is 26.3 Å². The normalized spacial score (nSPS) is 12.6. The number of rotatable bonds is 5. The van der Waals surface area contributed by atoms with E-state index in [1.807, 2.05) is 25.4 Å². The molecule has 0 aliphatic heterocycles. The van der Waals surface area contributed by atoms with Gasteiger partial charge < -0.3 is 5.32 Å². The number of nitrogens with one attached hydrogen (secondary N) is 1. The summed E-state index contributed by atoms with van der Waals surface area (Å²) in [6, 6.07) is 8.41. The lowest BCUT2D eigenvalue weighted by molar-refractivity contribution is 0.571. The second-order valence-electron chi connectivity index (χ2n) is 4.79. The molecule has 0 fully saturated rings. The van der Waals surface area contributed by atoms with Gasteiger partial charge in [-0.1, -0.05) is 30.7 Å². The zero-order valence-corrected chi connectivity index (χ0v) is 12.4. The molecule has 0 bridgehead atoms. The Labute approximate surface area is 119 Å². The molecule has 3 nitrogen and oxygen atoms in total. The topological polar surface area (TPSA) is 29.9 Å². The van der Waals surface area contributed by atoms with Crippen LogP contribution in [-0.2, 0) is 7.05 Å². The maximum atomic E-state index is 6.39. The molecule has 0 saturated heterocycles. The molecule has 19 heavy (non-hydrogen) atoms. The van der Waals surface area contributed by atoms with Gasteiger partial charge in [-0.3, -0.25) is 4.68 Å². The maximum absolute atomic E-state index is 6.39. The van der Waals surface area contributed by atoms with E-state index in [1.165, 1.54) is 0 Å². The highest BCUT2D eigenvalue weighted by molar-refractivity contribution is 6.31. The van der Waals surface area contributed by atoms with Gasteiger partial charge >= 0.3 is 0 Å². The summed E-state index contributed by atoms with van der Waals surface area (Å²) in [6.45, 7) is 5.29. The lowest BCUT2D eigenvalue weighted by atomic mass is 10.0. The molecule has 1 unspecified atom stereocenters. The van der Waals surface area contributed by atoms with Crippen LogP contribution < -0.4 is 5.32 Å². The molecular weight excluding hydrogens is 258 g/mol. The van der Waals surface area contributed by atoms with Crippen molar-refractivity contribution in [1.29, 1.82) is 0 Å². The standard InChI is InChI=1S/C15H20ClN3/c1-4-8-17-11(2)13-6-5-12(10-14(13)16)15-7-9-19(3)18-15/h5-7,9-11,17H,4,8H2,1-3H3. The third kappa shape index (κ3) is 3.37. The molecule has 4 heteroatoms. The molecule has 1 aromatic carbocycles. The van der Waals surface area contributed by atoms with E-state index in [2.05, 4.69) is 36.4 Å². The van der Waals surface area contributed by atoms with Crippen molar-refractivity contribution in [1.82, 2.24) is 15.1 Å². The van der Waals surface area contributed by atoms with Gasteiger partial charge in [-0.05, 0) is 37.6 Å². The molecule has 0 amide bonds. The fraction of sp³-hybridized carbons (Fsp3) is 0.400. The third-order valence-electron chi connectivity index (χ3n) is 3.18. The van der Waals surface area contributed by atoms with Crippen LogP contribution in [0.25, 0.3) is 11.3 Å². The van der Waals surface area contributed by atoms with Crippen molar-refractivity contribution in [2.75, 3.05) is 6.54 Å². The third-order valence-corrected chi connectivity index (χ3v) is 3.50. The van der Waals surface area contributed by atoms with Crippen LogP contribution in [0, 0.1) is 0 Å². The molecule has 0 aliphatic rings. The van der Waals surface area contributed by atoms with Crippen molar-refractivity contribution in [3.63, 3.8) is 0 Å². The fourth-order valence-electron chi connectivity index (χ4n) is 2.08. The molecule has 0 radical (unpaired) electrons. The van der Waals surface area contributed by atoms with Gasteiger partial charge in [0.15, 0.2) is 0 Å². The quantitative estimate of drug-likeness (QED) is 0.901. The lowest BCUT2D eigenvalue weighted by Crippen LogP contribution is -2.19. The summed E-state index contributed by atoms with van der Waals surface area (Å²) in [5.74, 6) is 0.